The van der Waals surface area contributed by atoms with Crippen molar-refractivity contribution in [2.45, 2.75) is 25.3 Å². The lowest BCUT2D eigenvalue weighted by atomic mass is 10.0. The van der Waals surface area contributed by atoms with Gasteiger partial charge in [0.25, 0.3) is 0 Å². The predicted octanol–water partition coefficient (Wildman–Crippen LogP) is 3.53. The molecule has 1 aliphatic rings. The van der Waals surface area contributed by atoms with E-state index < -0.39 is 0 Å². The highest BCUT2D eigenvalue weighted by atomic mass is 35.5. The molecule has 0 spiro atoms. The number of aromatic nitrogens is 4. The Kier molecular flexibility index (Phi) is 6.50. The van der Waals surface area contributed by atoms with Crippen LogP contribution in [0.15, 0.2) is 42.7 Å². The molecule has 0 aliphatic carbocycles. The maximum atomic E-state index is 5.99. The molecule has 1 atom stereocenters. The number of anilines is 1. The Morgan fingerprint density at radius 2 is 2.07 bits per heavy atom. The normalized spacial score (nSPS) is 16.7. The van der Waals surface area contributed by atoms with E-state index in [9.17, 15) is 0 Å². The van der Waals surface area contributed by atoms with Gasteiger partial charge in [-0.15, -0.1) is 0 Å². The lowest BCUT2D eigenvalue weighted by Crippen LogP contribution is -2.20. The first kappa shape index (κ1) is 20.6. The summed E-state index contributed by atoms with van der Waals surface area (Å²) in [6, 6.07) is 9.64. The van der Waals surface area contributed by atoms with Crippen molar-refractivity contribution < 1.29 is 4.74 Å². The Morgan fingerprint density at radius 1 is 1.23 bits per heavy atom. The number of likely N-dealkylation sites (tertiary alicyclic amines) is 1. The Bertz CT molecular complexity index is 958. The van der Waals surface area contributed by atoms with Gasteiger partial charge in [0.1, 0.15) is 5.75 Å². The van der Waals surface area contributed by atoms with E-state index in [4.69, 9.17) is 16.3 Å². The minimum absolute atomic E-state index is 0.450. The summed E-state index contributed by atoms with van der Waals surface area (Å²) in [5.41, 5.74) is 3.37. The van der Waals surface area contributed by atoms with Crippen molar-refractivity contribution in [2.75, 3.05) is 38.7 Å². The van der Waals surface area contributed by atoms with E-state index in [1.807, 2.05) is 55.7 Å². The maximum absolute atomic E-state index is 5.99. The van der Waals surface area contributed by atoms with Crippen LogP contribution in [0.2, 0.25) is 5.02 Å². The molecule has 7 nitrogen and oxygen atoms in total. The molecule has 1 saturated heterocycles. The Morgan fingerprint density at radius 3 is 2.83 bits per heavy atom. The minimum atomic E-state index is 0.450. The van der Waals surface area contributed by atoms with Gasteiger partial charge in [0, 0.05) is 68.2 Å². The molecule has 0 bridgehead atoms. The van der Waals surface area contributed by atoms with Crippen molar-refractivity contribution in [3.8, 4) is 5.75 Å². The molecule has 0 radical (unpaired) electrons. The fourth-order valence-electron chi connectivity index (χ4n) is 3.69. The van der Waals surface area contributed by atoms with Crippen LogP contribution in [0.25, 0.3) is 0 Å². The second kappa shape index (κ2) is 9.45. The quantitative estimate of drug-likeness (QED) is 0.594. The predicted molar refractivity (Wildman–Crippen MR) is 118 cm³/mol. The van der Waals surface area contributed by atoms with Gasteiger partial charge in [-0.2, -0.15) is 5.10 Å². The summed E-state index contributed by atoms with van der Waals surface area (Å²) in [7, 11) is 3.89. The molecule has 1 aromatic carbocycles. The zero-order valence-corrected chi connectivity index (χ0v) is 18.1. The molecular weight excluding hydrogens is 400 g/mol. The topological polar surface area (TPSA) is 70.2 Å². The molecule has 2 aromatic heterocycles. The number of rotatable bonds is 8. The Hall–Kier alpha value is -2.64. The lowest BCUT2D eigenvalue weighted by molar-refractivity contribution is 0.320. The van der Waals surface area contributed by atoms with Gasteiger partial charge in [-0.3, -0.25) is 10.00 Å². The molecular formula is C22H27ClN6O. The van der Waals surface area contributed by atoms with Gasteiger partial charge >= 0.3 is 0 Å². The smallest absolute Gasteiger partial charge is 0.224 e. The van der Waals surface area contributed by atoms with Crippen molar-refractivity contribution in [3.63, 3.8) is 0 Å². The molecule has 1 aliphatic heterocycles. The third-order valence-corrected chi connectivity index (χ3v) is 5.51. The summed E-state index contributed by atoms with van der Waals surface area (Å²) >= 11 is 5.99. The van der Waals surface area contributed by atoms with Crippen molar-refractivity contribution in [2.24, 2.45) is 0 Å². The Labute approximate surface area is 182 Å². The number of benzene rings is 1. The number of ether oxygens (including phenoxy) is 1. The van der Waals surface area contributed by atoms with Gasteiger partial charge in [0.15, 0.2) is 0 Å². The van der Waals surface area contributed by atoms with Crippen molar-refractivity contribution >= 4 is 17.5 Å². The first-order valence-electron chi connectivity index (χ1n) is 10.2. The van der Waals surface area contributed by atoms with Crippen molar-refractivity contribution in [3.05, 3.63) is 64.7 Å². The van der Waals surface area contributed by atoms with Gasteiger partial charge in [-0.25, -0.2) is 9.97 Å². The van der Waals surface area contributed by atoms with E-state index in [1.54, 1.807) is 0 Å². The van der Waals surface area contributed by atoms with Crippen LogP contribution in [0.3, 0.4) is 0 Å². The summed E-state index contributed by atoms with van der Waals surface area (Å²) in [6.45, 7) is 3.51. The summed E-state index contributed by atoms with van der Waals surface area (Å²) in [5.74, 6) is 1.98. The third kappa shape index (κ3) is 5.29. The molecule has 1 N–H and O–H groups in total. The van der Waals surface area contributed by atoms with Gasteiger partial charge in [0.2, 0.25) is 5.95 Å². The summed E-state index contributed by atoms with van der Waals surface area (Å²) in [5, 5.41) is 8.40. The van der Waals surface area contributed by atoms with E-state index in [0.29, 0.717) is 17.5 Å². The second-order valence-electron chi connectivity index (χ2n) is 7.88. The molecule has 30 heavy (non-hydrogen) atoms. The first-order chi connectivity index (χ1) is 14.6. The third-order valence-electron chi connectivity index (χ3n) is 5.28. The van der Waals surface area contributed by atoms with Crippen molar-refractivity contribution in [1.29, 1.82) is 0 Å². The minimum Gasteiger partial charge on any atom is -0.493 e. The average Bonchev–Trinajstić information content (AvgIpc) is 3.38. The van der Waals surface area contributed by atoms with Crippen LogP contribution in [0, 0.1) is 0 Å². The van der Waals surface area contributed by atoms with E-state index in [-0.39, 0.29) is 0 Å². The van der Waals surface area contributed by atoms with Crippen LogP contribution in [-0.4, -0.2) is 58.9 Å². The van der Waals surface area contributed by atoms with Crippen LogP contribution >= 0.6 is 11.6 Å². The monoisotopic (exact) mass is 426 g/mol. The fraction of sp³-hybridized carbons (Fsp3) is 0.409. The SMILES string of the molecule is CN(C)c1ncc(CN2CCC(c3cc(CCOc4cccc(Cl)c4)[nH]n3)C2)cn1. The number of halogens is 1. The van der Waals surface area contributed by atoms with Gasteiger partial charge in [-0.1, -0.05) is 17.7 Å². The van der Waals surface area contributed by atoms with E-state index >= 15 is 0 Å². The highest BCUT2D eigenvalue weighted by Gasteiger charge is 2.26. The highest BCUT2D eigenvalue weighted by Crippen LogP contribution is 2.27. The van der Waals surface area contributed by atoms with Crippen LogP contribution < -0.4 is 9.64 Å². The fourth-order valence-corrected chi connectivity index (χ4v) is 3.87. The number of aromatic amines is 1. The Balaban J connectivity index is 1.26. The first-order valence-corrected chi connectivity index (χ1v) is 10.6. The number of hydrogen-bond donors (Lipinski definition) is 1. The molecule has 0 amide bonds. The summed E-state index contributed by atoms with van der Waals surface area (Å²) < 4.78 is 5.78. The zero-order valence-electron chi connectivity index (χ0n) is 17.4. The number of nitrogens with one attached hydrogen (secondary N) is 1. The molecule has 3 aromatic rings. The van der Waals surface area contributed by atoms with Gasteiger partial charge in [0.05, 0.1) is 12.3 Å². The molecule has 1 fully saturated rings. The number of hydrogen-bond acceptors (Lipinski definition) is 6. The standard InChI is InChI=1S/C22H27ClN6O/c1-28(2)22-24-12-16(13-25-22)14-29-8-6-17(15-29)21-11-19(26-27-21)7-9-30-20-5-3-4-18(23)10-20/h3-5,10-13,17H,6-9,14-15H2,1-2H3,(H,26,27). The van der Waals surface area contributed by atoms with Gasteiger partial charge < -0.3 is 9.64 Å². The summed E-state index contributed by atoms with van der Waals surface area (Å²) in [4.78, 5) is 13.2. The largest absolute Gasteiger partial charge is 0.493 e. The molecule has 8 heteroatoms. The van der Waals surface area contributed by atoms with Crippen LogP contribution in [0.4, 0.5) is 5.95 Å². The van der Waals surface area contributed by atoms with E-state index in [2.05, 4.69) is 31.1 Å². The van der Waals surface area contributed by atoms with Crippen LogP contribution in [0.5, 0.6) is 5.75 Å². The van der Waals surface area contributed by atoms with E-state index in [0.717, 1.165) is 61.1 Å². The molecule has 1 unspecified atom stereocenters. The number of H-pyrrole nitrogens is 1. The molecule has 158 valence electrons. The van der Waals surface area contributed by atoms with Crippen LogP contribution in [0.1, 0.15) is 29.3 Å². The zero-order chi connectivity index (χ0) is 20.9. The molecule has 0 saturated carbocycles. The summed E-state index contributed by atoms with van der Waals surface area (Å²) in [6.07, 6.45) is 5.73. The van der Waals surface area contributed by atoms with Crippen LogP contribution in [-0.2, 0) is 13.0 Å². The highest BCUT2D eigenvalue weighted by molar-refractivity contribution is 6.30. The average molecular weight is 427 g/mol. The van der Waals surface area contributed by atoms with E-state index in [1.165, 1.54) is 0 Å². The van der Waals surface area contributed by atoms with Gasteiger partial charge in [-0.05, 0) is 37.2 Å². The molecule has 3 heterocycles. The second-order valence-corrected chi connectivity index (χ2v) is 8.32. The maximum Gasteiger partial charge on any atom is 0.224 e. The lowest BCUT2D eigenvalue weighted by Gasteiger charge is -2.16. The van der Waals surface area contributed by atoms with Crippen molar-refractivity contribution in [1.82, 2.24) is 25.1 Å². The number of nitrogens with zero attached hydrogens (tertiary/aromatic N) is 5. The molecule has 4 rings (SSSR count).